The molecule has 7 nitrogen and oxygen atoms in total. The number of benzene rings is 2. The van der Waals surface area contributed by atoms with Crippen molar-refractivity contribution in [2.75, 3.05) is 13.6 Å². The van der Waals surface area contributed by atoms with Gasteiger partial charge in [0.1, 0.15) is 0 Å². The molecule has 0 radical (unpaired) electrons. The molecule has 1 aliphatic rings. The first-order valence-corrected chi connectivity index (χ1v) is 12.0. The molecule has 4 aromatic rings. The molecule has 1 saturated carbocycles. The van der Waals surface area contributed by atoms with Gasteiger partial charge in [0.05, 0.1) is 22.0 Å². The monoisotopic (exact) mass is 462 g/mol. The van der Waals surface area contributed by atoms with Gasteiger partial charge in [0, 0.05) is 36.5 Å². The van der Waals surface area contributed by atoms with Crippen LogP contribution in [0.15, 0.2) is 48.7 Å². The third kappa shape index (κ3) is 4.36. The molecule has 0 bridgehead atoms. The number of aromatic nitrogens is 2. The minimum Gasteiger partial charge on any atom is -0.393 e. The van der Waals surface area contributed by atoms with Crippen LogP contribution in [0.3, 0.4) is 0 Å². The summed E-state index contributed by atoms with van der Waals surface area (Å²) in [5, 5.41) is 15.3. The fraction of sp³-hybridized carbons (Fsp3) is 0.320. The lowest BCUT2D eigenvalue weighted by atomic mass is 9.87. The Morgan fingerprint density at radius 1 is 1.06 bits per heavy atom. The van der Waals surface area contributed by atoms with E-state index in [0.717, 1.165) is 52.1 Å². The van der Waals surface area contributed by atoms with Crippen molar-refractivity contribution in [1.29, 1.82) is 0 Å². The standard InChI is InChI=1S/C25H26N4O3S/c1-26-23(31)17-6-4-16(5-7-17)20-14-29-21-11-8-18(12-22(21)33-25(29)28-20)24(32)27-13-15-2-9-19(30)10-3-15/h4-8,11-12,14-15,19,30H,2-3,9-10,13H2,1H3,(H,26,31)(H,27,32)/t15-,19-. The van der Waals surface area contributed by atoms with E-state index in [9.17, 15) is 14.7 Å². The van der Waals surface area contributed by atoms with E-state index in [1.165, 1.54) is 0 Å². The van der Waals surface area contributed by atoms with Gasteiger partial charge in [-0.15, -0.1) is 0 Å². The van der Waals surface area contributed by atoms with Crippen molar-refractivity contribution in [3.05, 3.63) is 59.8 Å². The van der Waals surface area contributed by atoms with Crippen molar-refractivity contribution < 1.29 is 14.7 Å². The van der Waals surface area contributed by atoms with Gasteiger partial charge in [0.25, 0.3) is 11.8 Å². The highest BCUT2D eigenvalue weighted by Gasteiger charge is 2.20. The van der Waals surface area contributed by atoms with Gasteiger partial charge in [0.15, 0.2) is 4.96 Å². The maximum atomic E-state index is 12.7. The van der Waals surface area contributed by atoms with Crippen LogP contribution < -0.4 is 10.6 Å². The molecule has 0 aliphatic heterocycles. The van der Waals surface area contributed by atoms with E-state index in [4.69, 9.17) is 4.98 Å². The van der Waals surface area contributed by atoms with Crippen LogP contribution in [0.1, 0.15) is 46.4 Å². The number of hydrogen-bond acceptors (Lipinski definition) is 5. The van der Waals surface area contributed by atoms with Crippen molar-refractivity contribution in [3.63, 3.8) is 0 Å². The van der Waals surface area contributed by atoms with Gasteiger partial charge < -0.3 is 15.7 Å². The minimum absolute atomic E-state index is 0.0639. The van der Waals surface area contributed by atoms with Crippen LogP contribution in [-0.4, -0.2) is 46.0 Å². The van der Waals surface area contributed by atoms with Gasteiger partial charge in [-0.25, -0.2) is 4.98 Å². The average molecular weight is 463 g/mol. The highest BCUT2D eigenvalue weighted by atomic mass is 32.1. The molecule has 0 unspecified atom stereocenters. The number of hydrogen-bond donors (Lipinski definition) is 3. The van der Waals surface area contributed by atoms with Gasteiger partial charge in [-0.1, -0.05) is 23.5 Å². The Labute approximate surface area is 195 Å². The molecule has 170 valence electrons. The van der Waals surface area contributed by atoms with Crippen LogP contribution in [0.2, 0.25) is 0 Å². The summed E-state index contributed by atoms with van der Waals surface area (Å²) >= 11 is 1.55. The second-order valence-corrected chi connectivity index (χ2v) is 9.61. The number of aliphatic hydroxyl groups is 1. The molecular weight excluding hydrogens is 436 g/mol. The zero-order valence-electron chi connectivity index (χ0n) is 18.4. The van der Waals surface area contributed by atoms with E-state index >= 15 is 0 Å². The molecular formula is C25H26N4O3S. The van der Waals surface area contributed by atoms with Gasteiger partial charge in [0.2, 0.25) is 0 Å². The zero-order chi connectivity index (χ0) is 22.9. The first kappa shape index (κ1) is 21.6. The van der Waals surface area contributed by atoms with Crippen LogP contribution in [0.4, 0.5) is 0 Å². The second-order valence-electron chi connectivity index (χ2n) is 8.60. The largest absolute Gasteiger partial charge is 0.393 e. The highest BCUT2D eigenvalue weighted by Crippen LogP contribution is 2.30. The number of rotatable bonds is 5. The molecule has 2 aromatic heterocycles. The number of amides is 2. The molecule has 0 atom stereocenters. The molecule has 1 fully saturated rings. The maximum absolute atomic E-state index is 12.7. The summed E-state index contributed by atoms with van der Waals surface area (Å²) in [4.78, 5) is 30.0. The summed E-state index contributed by atoms with van der Waals surface area (Å²) in [5.74, 6) is 0.261. The molecule has 3 N–H and O–H groups in total. The summed E-state index contributed by atoms with van der Waals surface area (Å²) in [6, 6.07) is 13.1. The SMILES string of the molecule is CNC(=O)c1ccc(-c2cn3c(n2)sc2cc(C(=O)NC[C@H]4CC[C@H](O)CC4)ccc23)cc1. The molecule has 5 rings (SSSR count). The van der Waals surface area contributed by atoms with Crippen molar-refractivity contribution in [2.24, 2.45) is 5.92 Å². The third-order valence-corrected chi connectivity index (χ3v) is 7.41. The Kier molecular flexibility index (Phi) is 5.86. The Morgan fingerprint density at radius 2 is 1.79 bits per heavy atom. The van der Waals surface area contributed by atoms with Crippen molar-refractivity contribution >= 4 is 38.3 Å². The number of carbonyl (C=O) groups excluding carboxylic acids is 2. The first-order chi connectivity index (χ1) is 16.0. The number of fused-ring (bicyclic) bond motifs is 3. The average Bonchev–Trinajstić information content (AvgIpc) is 3.40. The predicted octanol–water partition coefficient (Wildman–Crippen LogP) is 3.86. The van der Waals surface area contributed by atoms with Crippen LogP contribution in [0, 0.1) is 5.92 Å². The molecule has 2 heterocycles. The molecule has 2 amide bonds. The number of nitrogens with one attached hydrogen (secondary N) is 2. The Bertz CT molecular complexity index is 1320. The zero-order valence-corrected chi connectivity index (χ0v) is 19.2. The minimum atomic E-state index is -0.181. The van der Waals surface area contributed by atoms with Crippen molar-refractivity contribution in [1.82, 2.24) is 20.0 Å². The highest BCUT2D eigenvalue weighted by molar-refractivity contribution is 7.23. The number of aliphatic hydroxyl groups excluding tert-OH is 1. The Morgan fingerprint density at radius 3 is 2.52 bits per heavy atom. The number of nitrogens with zero attached hydrogens (tertiary/aromatic N) is 2. The molecule has 8 heteroatoms. The van der Waals surface area contributed by atoms with Crippen LogP contribution in [0.25, 0.3) is 26.4 Å². The van der Waals surface area contributed by atoms with Crippen molar-refractivity contribution in [2.45, 2.75) is 31.8 Å². The quantitative estimate of drug-likeness (QED) is 0.420. The van der Waals surface area contributed by atoms with E-state index in [1.807, 2.05) is 40.9 Å². The molecule has 1 aliphatic carbocycles. The van der Waals surface area contributed by atoms with E-state index in [0.29, 0.717) is 23.6 Å². The van der Waals surface area contributed by atoms with Gasteiger partial charge in [-0.3, -0.25) is 14.0 Å². The number of thiazole rings is 1. The first-order valence-electron chi connectivity index (χ1n) is 11.2. The van der Waals surface area contributed by atoms with Crippen LogP contribution >= 0.6 is 11.3 Å². The normalized spacial score (nSPS) is 18.5. The lowest BCUT2D eigenvalue weighted by Gasteiger charge is -2.25. The molecule has 0 spiro atoms. The van der Waals surface area contributed by atoms with Crippen LogP contribution in [0.5, 0.6) is 0 Å². The smallest absolute Gasteiger partial charge is 0.251 e. The fourth-order valence-electron chi connectivity index (χ4n) is 4.41. The summed E-state index contributed by atoms with van der Waals surface area (Å²) in [6.07, 6.45) is 5.36. The lowest BCUT2D eigenvalue weighted by Crippen LogP contribution is -2.32. The number of carbonyl (C=O) groups is 2. The van der Waals surface area contributed by atoms with E-state index in [2.05, 4.69) is 10.6 Å². The second kappa shape index (κ2) is 8.96. The van der Waals surface area contributed by atoms with Gasteiger partial charge >= 0.3 is 0 Å². The molecule has 2 aromatic carbocycles. The van der Waals surface area contributed by atoms with Crippen molar-refractivity contribution in [3.8, 4) is 11.3 Å². The Balaban J connectivity index is 1.32. The van der Waals surface area contributed by atoms with Crippen LogP contribution in [-0.2, 0) is 0 Å². The van der Waals surface area contributed by atoms with E-state index < -0.39 is 0 Å². The summed E-state index contributed by atoms with van der Waals surface area (Å²) in [6.45, 7) is 0.652. The molecule has 33 heavy (non-hydrogen) atoms. The predicted molar refractivity (Wildman–Crippen MR) is 130 cm³/mol. The topological polar surface area (TPSA) is 95.7 Å². The maximum Gasteiger partial charge on any atom is 0.251 e. The van der Waals surface area contributed by atoms with Gasteiger partial charge in [-0.05, 0) is 61.9 Å². The third-order valence-electron chi connectivity index (χ3n) is 6.39. The Hall–Kier alpha value is -3.23. The number of imidazole rings is 1. The van der Waals surface area contributed by atoms with E-state index in [1.54, 1.807) is 30.5 Å². The fourth-order valence-corrected chi connectivity index (χ4v) is 5.45. The van der Waals surface area contributed by atoms with Gasteiger partial charge in [-0.2, -0.15) is 0 Å². The summed E-state index contributed by atoms with van der Waals surface area (Å²) < 4.78 is 3.05. The lowest BCUT2D eigenvalue weighted by molar-refractivity contribution is 0.0909. The molecule has 0 saturated heterocycles. The summed E-state index contributed by atoms with van der Waals surface area (Å²) in [7, 11) is 1.61. The summed E-state index contributed by atoms with van der Waals surface area (Å²) in [5.41, 5.74) is 4.05. The van der Waals surface area contributed by atoms with E-state index in [-0.39, 0.29) is 17.9 Å².